The van der Waals surface area contributed by atoms with E-state index < -0.39 is 11.5 Å². The molecule has 4 N–H and O–H groups in total. The van der Waals surface area contributed by atoms with Crippen LogP contribution in [0.4, 0.5) is 17.2 Å². The zero-order valence-corrected chi connectivity index (χ0v) is 19.4. The Morgan fingerprint density at radius 2 is 1.94 bits per heavy atom. The Bertz CT molecular complexity index is 1310. The molecule has 2 amide bonds. The summed E-state index contributed by atoms with van der Waals surface area (Å²) in [4.78, 5) is 46.3. The number of anilines is 3. The first-order chi connectivity index (χ1) is 16.4. The minimum absolute atomic E-state index is 0.0774. The Hall–Kier alpha value is -3.99. The highest BCUT2D eigenvalue weighted by Crippen LogP contribution is 2.29. The number of ether oxygens (including phenoxy) is 2. The summed E-state index contributed by atoms with van der Waals surface area (Å²) >= 11 is 1.07. The van der Waals surface area contributed by atoms with Crippen LogP contribution in [0.25, 0.3) is 0 Å². The lowest BCUT2D eigenvalue weighted by Crippen LogP contribution is -2.30. The molecule has 1 aliphatic rings. The number of aromatic nitrogens is 2. The summed E-state index contributed by atoms with van der Waals surface area (Å²) in [6.45, 7) is 0.617. The number of nitrogen functional groups attached to an aromatic ring is 1. The number of nitrogens with zero attached hydrogens (tertiary/aromatic N) is 2. The van der Waals surface area contributed by atoms with Crippen LogP contribution in [0.2, 0.25) is 0 Å². The first-order valence-corrected chi connectivity index (χ1v) is 11.3. The summed E-state index contributed by atoms with van der Waals surface area (Å²) in [7, 11) is 2.94. The standard InChI is InChI=1S/C23H23N5O5S/c1-32-16-8-7-14(11-17(16)33-2)21(30)25-19-20(24)26-23(27-22(19)31)34-12-18(29)28-10-9-13-5-3-4-6-15(13)28/h3-8,11H,9-10,12H2,1-2H3,(H,25,30)(H3,24,26,27,31). The van der Waals surface area contributed by atoms with Gasteiger partial charge in [0.1, 0.15) is 5.69 Å². The lowest BCUT2D eigenvalue weighted by atomic mass is 10.2. The number of nitrogens with two attached hydrogens (primary N) is 1. The second-order valence-corrected chi connectivity index (χ2v) is 8.33. The van der Waals surface area contributed by atoms with Gasteiger partial charge in [-0.3, -0.25) is 19.4 Å². The molecule has 10 nitrogen and oxygen atoms in total. The fourth-order valence-corrected chi connectivity index (χ4v) is 4.37. The average Bonchev–Trinajstić information content (AvgIpc) is 3.28. The second-order valence-electron chi connectivity index (χ2n) is 7.37. The van der Waals surface area contributed by atoms with Crippen molar-refractivity contribution < 1.29 is 19.1 Å². The lowest BCUT2D eigenvalue weighted by molar-refractivity contribution is -0.116. The van der Waals surface area contributed by atoms with E-state index in [0.29, 0.717) is 18.0 Å². The second kappa shape index (κ2) is 9.87. The first-order valence-electron chi connectivity index (χ1n) is 10.4. The van der Waals surface area contributed by atoms with Crippen LogP contribution in [-0.2, 0) is 11.2 Å². The normalized spacial score (nSPS) is 12.2. The third-order valence-electron chi connectivity index (χ3n) is 5.33. The molecule has 2 aromatic carbocycles. The van der Waals surface area contributed by atoms with Crippen LogP contribution >= 0.6 is 11.8 Å². The van der Waals surface area contributed by atoms with Crippen LogP contribution in [-0.4, -0.2) is 48.3 Å². The highest BCUT2D eigenvalue weighted by Gasteiger charge is 2.24. The van der Waals surface area contributed by atoms with Gasteiger partial charge in [-0.2, -0.15) is 0 Å². The molecule has 0 spiro atoms. The number of nitrogens with one attached hydrogen (secondary N) is 2. The van der Waals surface area contributed by atoms with Crippen LogP contribution in [0, 0.1) is 0 Å². The average molecular weight is 482 g/mol. The van der Waals surface area contributed by atoms with E-state index in [1.807, 2.05) is 24.3 Å². The van der Waals surface area contributed by atoms with Gasteiger partial charge in [0.25, 0.3) is 11.5 Å². The smallest absolute Gasteiger partial charge is 0.277 e. The lowest BCUT2D eigenvalue weighted by Gasteiger charge is -2.17. The summed E-state index contributed by atoms with van der Waals surface area (Å²) in [5.41, 5.74) is 7.42. The van der Waals surface area contributed by atoms with Crippen LogP contribution in [0.5, 0.6) is 11.5 Å². The van der Waals surface area contributed by atoms with Crippen molar-refractivity contribution in [3.63, 3.8) is 0 Å². The maximum atomic E-state index is 12.7. The number of fused-ring (bicyclic) bond motifs is 1. The zero-order chi connectivity index (χ0) is 24.2. The minimum Gasteiger partial charge on any atom is -0.493 e. The topological polar surface area (TPSA) is 140 Å². The molecule has 0 atom stereocenters. The molecule has 34 heavy (non-hydrogen) atoms. The molecule has 0 aliphatic carbocycles. The molecular formula is C23H23N5O5S. The highest BCUT2D eigenvalue weighted by molar-refractivity contribution is 7.99. The number of aromatic amines is 1. The van der Waals surface area contributed by atoms with Crippen LogP contribution in [0.15, 0.2) is 52.4 Å². The Labute approximate surface area is 199 Å². The Balaban J connectivity index is 1.44. The van der Waals surface area contributed by atoms with Gasteiger partial charge >= 0.3 is 0 Å². The molecule has 2 heterocycles. The third kappa shape index (κ3) is 4.69. The number of methoxy groups -OCH3 is 2. The van der Waals surface area contributed by atoms with Gasteiger partial charge in [-0.25, -0.2) is 4.98 Å². The van der Waals surface area contributed by atoms with E-state index >= 15 is 0 Å². The molecule has 0 saturated heterocycles. The number of H-pyrrole nitrogens is 1. The number of thioether (sulfide) groups is 1. The molecule has 0 radical (unpaired) electrons. The SMILES string of the molecule is COc1ccc(C(=O)Nc2c(N)nc(SCC(=O)N3CCc4ccccc43)[nH]c2=O)cc1OC. The van der Waals surface area contributed by atoms with Gasteiger partial charge in [0.2, 0.25) is 5.91 Å². The van der Waals surface area contributed by atoms with E-state index in [0.717, 1.165) is 29.4 Å². The highest BCUT2D eigenvalue weighted by atomic mass is 32.2. The Morgan fingerprint density at radius 3 is 2.68 bits per heavy atom. The molecule has 176 valence electrons. The fourth-order valence-electron chi connectivity index (χ4n) is 3.63. The Morgan fingerprint density at radius 1 is 1.18 bits per heavy atom. The predicted octanol–water partition coefficient (Wildman–Crippen LogP) is 2.30. The van der Waals surface area contributed by atoms with Gasteiger partial charge in [-0.15, -0.1) is 0 Å². The van der Waals surface area contributed by atoms with Crippen LogP contribution < -0.4 is 31.0 Å². The van der Waals surface area contributed by atoms with Crippen molar-refractivity contribution in [2.75, 3.05) is 42.5 Å². The molecule has 0 saturated carbocycles. The zero-order valence-electron chi connectivity index (χ0n) is 18.6. The van der Waals surface area contributed by atoms with Crippen molar-refractivity contribution in [1.82, 2.24) is 9.97 Å². The first kappa shape index (κ1) is 23.2. The molecule has 0 unspecified atom stereocenters. The largest absolute Gasteiger partial charge is 0.493 e. The van der Waals surface area contributed by atoms with E-state index in [1.54, 1.807) is 11.0 Å². The molecule has 1 aliphatic heterocycles. The van der Waals surface area contributed by atoms with Crippen molar-refractivity contribution in [1.29, 1.82) is 0 Å². The third-order valence-corrected chi connectivity index (χ3v) is 6.19. The van der Waals surface area contributed by atoms with Crippen molar-refractivity contribution in [2.45, 2.75) is 11.6 Å². The molecule has 4 rings (SSSR count). The van der Waals surface area contributed by atoms with Gasteiger partial charge < -0.3 is 25.4 Å². The van der Waals surface area contributed by atoms with Crippen molar-refractivity contribution in [3.05, 3.63) is 63.9 Å². The van der Waals surface area contributed by atoms with E-state index in [9.17, 15) is 14.4 Å². The number of amides is 2. The van der Waals surface area contributed by atoms with Crippen molar-refractivity contribution >= 4 is 40.8 Å². The van der Waals surface area contributed by atoms with Gasteiger partial charge in [-0.1, -0.05) is 30.0 Å². The number of hydrogen-bond acceptors (Lipinski definition) is 8. The number of benzene rings is 2. The molecule has 3 aromatic rings. The van der Waals surface area contributed by atoms with Crippen LogP contribution in [0.3, 0.4) is 0 Å². The van der Waals surface area contributed by atoms with Crippen LogP contribution in [0.1, 0.15) is 15.9 Å². The quantitative estimate of drug-likeness (QED) is 0.345. The molecule has 0 bridgehead atoms. The van der Waals surface area contributed by atoms with Gasteiger partial charge in [-0.05, 0) is 36.2 Å². The van der Waals surface area contributed by atoms with Crippen molar-refractivity contribution in [3.8, 4) is 11.5 Å². The summed E-state index contributed by atoms with van der Waals surface area (Å²) in [5, 5.41) is 2.67. The van der Waals surface area contributed by atoms with E-state index in [4.69, 9.17) is 15.2 Å². The minimum atomic E-state index is -0.622. The Kier molecular flexibility index (Phi) is 6.73. The number of carbonyl (C=O) groups is 2. The predicted molar refractivity (Wildman–Crippen MR) is 130 cm³/mol. The monoisotopic (exact) mass is 481 g/mol. The fraction of sp³-hybridized carbons (Fsp3) is 0.217. The van der Waals surface area contributed by atoms with Gasteiger partial charge in [0, 0.05) is 17.8 Å². The summed E-state index contributed by atoms with van der Waals surface area (Å²) < 4.78 is 10.4. The molecular weight excluding hydrogens is 458 g/mol. The van der Waals surface area contributed by atoms with E-state index in [1.165, 1.54) is 26.4 Å². The summed E-state index contributed by atoms with van der Waals surface area (Å²) in [6, 6.07) is 12.4. The number of para-hydroxylation sites is 1. The maximum Gasteiger partial charge on any atom is 0.277 e. The number of carbonyl (C=O) groups excluding carboxylic acids is 2. The van der Waals surface area contributed by atoms with E-state index in [2.05, 4.69) is 15.3 Å². The maximum absolute atomic E-state index is 12.7. The van der Waals surface area contributed by atoms with Gasteiger partial charge in [0.05, 0.1) is 20.0 Å². The van der Waals surface area contributed by atoms with Crippen molar-refractivity contribution in [2.24, 2.45) is 0 Å². The molecule has 11 heteroatoms. The van der Waals surface area contributed by atoms with E-state index in [-0.39, 0.29) is 33.9 Å². The van der Waals surface area contributed by atoms with Gasteiger partial charge in [0.15, 0.2) is 22.5 Å². The molecule has 1 aromatic heterocycles. The number of hydrogen-bond donors (Lipinski definition) is 3. The molecule has 0 fully saturated rings. The summed E-state index contributed by atoms with van der Waals surface area (Å²) in [5.74, 6) is 0.0940. The summed E-state index contributed by atoms with van der Waals surface area (Å²) in [6.07, 6.45) is 0.809. The number of rotatable bonds is 7.